The van der Waals surface area contributed by atoms with Gasteiger partial charge in [0.05, 0.1) is 46.3 Å². The number of alkyl halides is 7. The first-order chi connectivity index (χ1) is 21.5. The molecule has 242 valence electrons. The molecule has 0 aliphatic rings. The maximum Gasteiger partial charge on any atom is 0.460 e. The summed E-state index contributed by atoms with van der Waals surface area (Å²) in [7, 11) is 0. The van der Waals surface area contributed by atoms with Crippen molar-refractivity contribution in [2.45, 2.75) is 44.8 Å². The van der Waals surface area contributed by atoms with E-state index in [-0.39, 0.29) is 51.8 Å². The van der Waals surface area contributed by atoms with Crippen molar-refractivity contribution in [3.63, 3.8) is 0 Å². The third-order valence-electron chi connectivity index (χ3n) is 6.42. The molecule has 0 fully saturated rings. The lowest BCUT2D eigenvalue weighted by atomic mass is 10.00. The van der Waals surface area contributed by atoms with Crippen LogP contribution in [0.25, 0.3) is 5.82 Å². The van der Waals surface area contributed by atoms with Gasteiger partial charge >= 0.3 is 18.0 Å². The molecule has 2 N–H and O–H groups in total. The van der Waals surface area contributed by atoms with Crippen LogP contribution >= 0.6 is 11.6 Å². The Labute approximate surface area is 260 Å². The van der Waals surface area contributed by atoms with Gasteiger partial charge in [-0.2, -0.15) is 41.1 Å². The molecule has 4 rings (SSSR count). The number of hydrogen-bond donors (Lipinski definition) is 2. The largest absolute Gasteiger partial charge is 0.460 e. The Bertz CT molecular complexity index is 1830. The average molecular weight is 672 g/mol. The predicted molar refractivity (Wildman–Crippen MR) is 147 cm³/mol. The smallest absolute Gasteiger partial charge is 0.352 e. The summed E-state index contributed by atoms with van der Waals surface area (Å²) in [6.07, 6.45) is -4.78. The van der Waals surface area contributed by atoms with Gasteiger partial charge in [-0.3, -0.25) is 9.59 Å². The number of carbonyl (C=O) groups excluding carboxylic acids is 2. The van der Waals surface area contributed by atoms with Gasteiger partial charge in [-0.05, 0) is 49.2 Å². The molecule has 0 saturated carbocycles. The van der Waals surface area contributed by atoms with E-state index in [0.29, 0.717) is 16.7 Å². The lowest BCUT2D eigenvalue weighted by Gasteiger charge is -2.26. The monoisotopic (exact) mass is 671 g/mol. The highest BCUT2D eigenvalue weighted by Crippen LogP contribution is 2.51. The minimum atomic E-state index is -6.58. The fraction of sp³-hybridized carbons (Fsp3) is 0.296. The molecule has 19 heteroatoms. The number of pyridine rings is 1. The second-order valence-electron chi connectivity index (χ2n) is 9.53. The summed E-state index contributed by atoms with van der Waals surface area (Å²) in [4.78, 5) is 30.7. The first kappa shape index (κ1) is 33.8. The normalized spacial score (nSPS) is 12.1. The molecular formula is C27H21ClF7N9O2. The van der Waals surface area contributed by atoms with Gasteiger partial charge in [0.2, 0.25) is 0 Å². The minimum Gasteiger partial charge on any atom is -0.352 e. The fourth-order valence-corrected chi connectivity index (χ4v) is 4.40. The summed E-state index contributed by atoms with van der Waals surface area (Å²) in [6, 6.07) is 8.76. The summed E-state index contributed by atoms with van der Waals surface area (Å²) in [5, 5.41) is 24.9. The van der Waals surface area contributed by atoms with Gasteiger partial charge in [0.1, 0.15) is 5.69 Å². The van der Waals surface area contributed by atoms with Crippen LogP contribution < -0.4 is 10.6 Å². The predicted octanol–water partition coefficient (Wildman–Crippen LogP) is 5.29. The van der Waals surface area contributed by atoms with Crippen LogP contribution in [0.5, 0.6) is 0 Å². The number of benzene rings is 1. The number of aryl methyl sites for hydroxylation is 1. The summed E-state index contributed by atoms with van der Waals surface area (Å²) in [5.41, 5.74) is -1.69. The summed E-state index contributed by atoms with van der Waals surface area (Å²) >= 11 is 6.27. The number of rotatable bonds is 10. The van der Waals surface area contributed by atoms with E-state index in [4.69, 9.17) is 11.6 Å². The third-order valence-corrected chi connectivity index (χ3v) is 6.71. The van der Waals surface area contributed by atoms with E-state index in [9.17, 15) is 45.6 Å². The lowest BCUT2D eigenvalue weighted by molar-refractivity contribution is -0.360. The van der Waals surface area contributed by atoms with Crippen molar-refractivity contribution in [2.24, 2.45) is 0 Å². The topological polar surface area (TPSA) is 143 Å². The maximum absolute atomic E-state index is 14.1. The number of carbonyl (C=O) groups is 2. The third kappa shape index (κ3) is 6.36. The van der Waals surface area contributed by atoms with Gasteiger partial charge in [0.25, 0.3) is 11.8 Å². The number of amides is 2. The van der Waals surface area contributed by atoms with Gasteiger partial charge in [-0.15, -0.1) is 5.10 Å². The molecule has 0 aliphatic carbocycles. The molecule has 0 unspecified atom stereocenters. The Morgan fingerprint density at radius 2 is 1.78 bits per heavy atom. The summed E-state index contributed by atoms with van der Waals surface area (Å²) < 4.78 is 94.8. The minimum absolute atomic E-state index is 0.0129. The molecule has 1 aromatic carbocycles. The quantitative estimate of drug-likeness (QED) is 0.218. The van der Waals surface area contributed by atoms with Crippen LogP contribution in [0.3, 0.4) is 0 Å². The molecule has 0 aliphatic heterocycles. The zero-order valence-electron chi connectivity index (χ0n) is 23.6. The van der Waals surface area contributed by atoms with Crippen molar-refractivity contribution < 1.29 is 40.3 Å². The van der Waals surface area contributed by atoms with Gasteiger partial charge < -0.3 is 10.6 Å². The van der Waals surface area contributed by atoms with Crippen LogP contribution in [0.4, 0.5) is 36.4 Å². The number of nitrogens with one attached hydrogen (secondary N) is 2. The van der Waals surface area contributed by atoms with Crippen LogP contribution in [-0.2, 0) is 18.9 Å². The fourth-order valence-electron chi connectivity index (χ4n) is 4.19. The molecule has 3 aromatic heterocycles. The van der Waals surface area contributed by atoms with Crippen molar-refractivity contribution in [1.82, 2.24) is 35.1 Å². The lowest BCUT2D eigenvalue weighted by Crippen LogP contribution is -2.50. The van der Waals surface area contributed by atoms with Crippen LogP contribution in [0.2, 0.25) is 5.02 Å². The second kappa shape index (κ2) is 12.7. The number of hydrogen-bond acceptors (Lipinski definition) is 7. The molecule has 4 aromatic rings. The van der Waals surface area contributed by atoms with Crippen LogP contribution in [-0.4, -0.2) is 60.2 Å². The Balaban J connectivity index is 1.76. The van der Waals surface area contributed by atoms with E-state index in [2.05, 4.69) is 31.0 Å². The zero-order chi connectivity index (χ0) is 34.0. The molecule has 11 nitrogen and oxygen atoms in total. The maximum atomic E-state index is 14.1. The zero-order valence-corrected chi connectivity index (χ0v) is 24.4. The Hall–Kier alpha value is -5.05. The van der Waals surface area contributed by atoms with E-state index in [1.54, 1.807) is 13.8 Å². The highest BCUT2D eigenvalue weighted by molar-refractivity contribution is 6.32. The van der Waals surface area contributed by atoms with Gasteiger partial charge in [0.15, 0.2) is 11.5 Å². The Kier molecular flexibility index (Phi) is 9.38. The van der Waals surface area contributed by atoms with E-state index < -0.39 is 42.1 Å². The van der Waals surface area contributed by atoms with Gasteiger partial charge in [-0.25, -0.2) is 14.3 Å². The highest BCUT2D eigenvalue weighted by Gasteiger charge is 2.74. The van der Waals surface area contributed by atoms with E-state index >= 15 is 0 Å². The van der Waals surface area contributed by atoms with Gasteiger partial charge in [0, 0.05) is 12.7 Å². The van der Waals surface area contributed by atoms with Gasteiger partial charge in [-0.1, -0.05) is 23.7 Å². The molecular weight excluding hydrogens is 651 g/mol. The molecule has 0 saturated heterocycles. The summed E-state index contributed by atoms with van der Waals surface area (Å²) in [6.45, 7) is 3.01. The van der Waals surface area contributed by atoms with E-state index in [0.717, 1.165) is 10.7 Å². The molecule has 46 heavy (non-hydrogen) atoms. The van der Waals surface area contributed by atoms with Crippen molar-refractivity contribution in [2.75, 3.05) is 11.9 Å². The number of halogens is 8. The van der Waals surface area contributed by atoms with Crippen molar-refractivity contribution in [1.29, 1.82) is 5.26 Å². The van der Waals surface area contributed by atoms with E-state index in [1.165, 1.54) is 30.5 Å². The first-order valence-corrected chi connectivity index (χ1v) is 13.5. The number of aromatic nitrogens is 6. The first-order valence-electron chi connectivity index (χ1n) is 13.1. The van der Waals surface area contributed by atoms with Crippen LogP contribution in [0.1, 0.15) is 57.2 Å². The molecule has 3 heterocycles. The van der Waals surface area contributed by atoms with Crippen molar-refractivity contribution >= 4 is 29.1 Å². The summed E-state index contributed by atoms with van der Waals surface area (Å²) in [5.74, 6) is -13.7. The Morgan fingerprint density at radius 3 is 2.39 bits per heavy atom. The van der Waals surface area contributed by atoms with Crippen LogP contribution in [0.15, 0.2) is 42.7 Å². The number of nitrogens with zero attached hydrogens (tertiary/aromatic N) is 7. The number of anilines is 1. The molecule has 0 radical (unpaired) electrons. The molecule has 0 atom stereocenters. The Morgan fingerprint density at radius 1 is 1.07 bits per heavy atom. The van der Waals surface area contributed by atoms with E-state index in [1.807, 2.05) is 6.07 Å². The molecule has 0 spiro atoms. The number of nitriles is 1. The second-order valence-corrected chi connectivity index (χ2v) is 9.93. The SMILES string of the molecule is CCNC(=O)c1cc(C#N)cc(CC)c1NC(=O)c1cc(Cn2cc(C(F)(F)C(F)(F)C(F)(F)F)nn2)nn1-c1ncccc1Cl. The van der Waals surface area contributed by atoms with Crippen molar-refractivity contribution in [3.05, 3.63) is 81.5 Å². The highest BCUT2D eigenvalue weighted by atomic mass is 35.5. The molecule has 2 amide bonds. The van der Waals surface area contributed by atoms with Crippen molar-refractivity contribution in [3.8, 4) is 11.9 Å². The standard InChI is InChI=1S/C27H21ClF7N9O2/c1-3-15-8-14(11-36)9-17(23(45)37-4-2)21(15)39-24(46)19-10-16(41-44(19)22-18(28)6-5-7-38-22)12-43-13-20(40-42-43)25(29,30)26(31,32)27(33,34)35/h5-10,13H,3-4,12H2,1-2H3,(H,37,45)(H,39,46). The average Bonchev–Trinajstić information content (AvgIpc) is 3.65. The molecule has 0 bridgehead atoms. The van der Waals surface area contributed by atoms with Crippen LogP contribution in [0, 0.1) is 11.3 Å².